The molecule has 1 atom stereocenters. The standard InChI is InChI=1S/C8H18ClNS/c1-4-11-6-5-10(3)8(2)7-9/h8H,4-7H2,1-3H3. The van der Waals surface area contributed by atoms with Crippen LogP contribution >= 0.6 is 23.4 Å². The molecule has 0 aliphatic carbocycles. The molecule has 0 aromatic carbocycles. The fraction of sp³-hybridized carbons (Fsp3) is 1.00. The summed E-state index contributed by atoms with van der Waals surface area (Å²) in [6, 6.07) is 0.508. The number of alkyl halides is 1. The second-order valence-electron chi connectivity index (χ2n) is 2.68. The third-order valence-electron chi connectivity index (χ3n) is 1.77. The lowest BCUT2D eigenvalue weighted by molar-refractivity contribution is 0.294. The molecule has 0 spiro atoms. The van der Waals surface area contributed by atoms with Crippen LogP contribution in [0.4, 0.5) is 0 Å². The van der Waals surface area contributed by atoms with Crippen LogP contribution in [0.5, 0.6) is 0 Å². The number of nitrogens with zero attached hydrogens (tertiary/aromatic N) is 1. The highest BCUT2D eigenvalue weighted by molar-refractivity contribution is 7.99. The Hall–Kier alpha value is 0.600. The second kappa shape index (κ2) is 7.26. The van der Waals surface area contributed by atoms with Crippen LogP contribution in [0.1, 0.15) is 13.8 Å². The maximum Gasteiger partial charge on any atom is 0.0376 e. The van der Waals surface area contributed by atoms with Crippen LogP contribution in [0.15, 0.2) is 0 Å². The maximum absolute atomic E-state index is 5.71. The number of halogens is 1. The van der Waals surface area contributed by atoms with Gasteiger partial charge in [0.1, 0.15) is 0 Å². The summed E-state index contributed by atoms with van der Waals surface area (Å²) in [4.78, 5) is 2.30. The Morgan fingerprint density at radius 3 is 2.64 bits per heavy atom. The van der Waals surface area contributed by atoms with Crippen LogP contribution in [0, 0.1) is 0 Å². The lowest BCUT2D eigenvalue weighted by Crippen LogP contribution is -2.32. The molecule has 0 rings (SSSR count). The van der Waals surface area contributed by atoms with Gasteiger partial charge in [-0.05, 0) is 19.7 Å². The van der Waals surface area contributed by atoms with Crippen LogP contribution in [0.2, 0.25) is 0 Å². The Morgan fingerprint density at radius 1 is 1.55 bits per heavy atom. The largest absolute Gasteiger partial charge is 0.302 e. The average molecular weight is 196 g/mol. The van der Waals surface area contributed by atoms with Gasteiger partial charge in [-0.25, -0.2) is 0 Å². The first-order chi connectivity index (χ1) is 5.22. The smallest absolute Gasteiger partial charge is 0.0376 e. The van der Waals surface area contributed by atoms with Crippen molar-refractivity contribution in [3.05, 3.63) is 0 Å². The quantitative estimate of drug-likeness (QED) is 0.473. The molecule has 0 bridgehead atoms. The van der Waals surface area contributed by atoms with Crippen molar-refractivity contribution < 1.29 is 0 Å². The lowest BCUT2D eigenvalue weighted by atomic mass is 10.3. The molecular formula is C8H18ClNS. The molecule has 0 saturated heterocycles. The maximum atomic E-state index is 5.71. The summed E-state index contributed by atoms with van der Waals surface area (Å²) in [5.41, 5.74) is 0. The zero-order valence-electron chi connectivity index (χ0n) is 7.64. The first kappa shape index (κ1) is 11.6. The summed E-state index contributed by atoms with van der Waals surface area (Å²) in [5.74, 6) is 3.16. The molecule has 0 amide bonds. The van der Waals surface area contributed by atoms with Crippen LogP contribution in [0.25, 0.3) is 0 Å². The van der Waals surface area contributed by atoms with Crippen molar-refractivity contribution in [2.45, 2.75) is 19.9 Å². The fourth-order valence-electron chi connectivity index (χ4n) is 0.691. The normalized spacial score (nSPS) is 13.9. The molecular weight excluding hydrogens is 178 g/mol. The fourth-order valence-corrected chi connectivity index (χ4v) is 1.63. The van der Waals surface area contributed by atoms with Crippen LogP contribution in [-0.4, -0.2) is 41.9 Å². The summed E-state index contributed by atoms with van der Waals surface area (Å²) >= 11 is 7.69. The van der Waals surface area contributed by atoms with Crippen molar-refractivity contribution in [1.82, 2.24) is 4.90 Å². The van der Waals surface area contributed by atoms with Gasteiger partial charge in [0.15, 0.2) is 0 Å². The summed E-state index contributed by atoms with van der Waals surface area (Å²) in [6.07, 6.45) is 0. The van der Waals surface area contributed by atoms with E-state index in [1.54, 1.807) is 0 Å². The Bertz CT molecular complexity index is 90.2. The number of hydrogen-bond donors (Lipinski definition) is 0. The Morgan fingerprint density at radius 2 is 2.18 bits per heavy atom. The second-order valence-corrected chi connectivity index (χ2v) is 4.38. The van der Waals surface area contributed by atoms with Crippen LogP contribution < -0.4 is 0 Å². The molecule has 0 aliphatic rings. The SMILES string of the molecule is CCSCCN(C)C(C)CCl. The molecule has 0 radical (unpaired) electrons. The van der Waals surface area contributed by atoms with E-state index in [9.17, 15) is 0 Å². The molecule has 0 aromatic rings. The molecule has 1 nitrogen and oxygen atoms in total. The zero-order chi connectivity index (χ0) is 8.69. The van der Waals surface area contributed by atoms with Gasteiger partial charge in [0.2, 0.25) is 0 Å². The van der Waals surface area contributed by atoms with Gasteiger partial charge in [-0.15, -0.1) is 11.6 Å². The number of hydrogen-bond acceptors (Lipinski definition) is 2. The Kier molecular flexibility index (Phi) is 7.66. The summed E-state index contributed by atoms with van der Waals surface area (Å²) in [6.45, 7) is 5.49. The highest BCUT2D eigenvalue weighted by Crippen LogP contribution is 2.02. The van der Waals surface area contributed by atoms with Gasteiger partial charge in [-0.2, -0.15) is 11.8 Å². The van der Waals surface area contributed by atoms with Crippen molar-refractivity contribution >= 4 is 23.4 Å². The molecule has 0 aromatic heterocycles. The molecule has 0 aliphatic heterocycles. The van der Waals surface area contributed by atoms with E-state index in [1.165, 1.54) is 11.5 Å². The van der Waals surface area contributed by atoms with Gasteiger partial charge < -0.3 is 4.90 Å². The topological polar surface area (TPSA) is 3.24 Å². The van der Waals surface area contributed by atoms with E-state index in [-0.39, 0.29) is 0 Å². The van der Waals surface area contributed by atoms with Gasteiger partial charge in [0.05, 0.1) is 0 Å². The average Bonchev–Trinajstić information content (AvgIpc) is 2.03. The van der Waals surface area contributed by atoms with Gasteiger partial charge in [0, 0.05) is 24.2 Å². The van der Waals surface area contributed by atoms with E-state index in [0.717, 1.165) is 12.4 Å². The van der Waals surface area contributed by atoms with Crippen molar-refractivity contribution in [1.29, 1.82) is 0 Å². The Labute approximate surface area is 79.5 Å². The van der Waals surface area contributed by atoms with Gasteiger partial charge >= 0.3 is 0 Å². The molecule has 0 saturated carbocycles. The van der Waals surface area contributed by atoms with Gasteiger partial charge in [0.25, 0.3) is 0 Å². The predicted molar refractivity (Wildman–Crippen MR) is 55.8 cm³/mol. The summed E-state index contributed by atoms with van der Waals surface area (Å²) in [5, 5.41) is 0. The van der Waals surface area contributed by atoms with Crippen molar-refractivity contribution in [2.24, 2.45) is 0 Å². The highest BCUT2D eigenvalue weighted by Gasteiger charge is 2.05. The van der Waals surface area contributed by atoms with Gasteiger partial charge in [-0.1, -0.05) is 6.92 Å². The van der Waals surface area contributed by atoms with E-state index in [2.05, 4.69) is 25.8 Å². The minimum atomic E-state index is 0.508. The zero-order valence-corrected chi connectivity index (χ0v) is 9.21. The van der Waals surface area contributed by atoms with E-state index in [1.807, 2.05) is 11.8 Å². The molecule has 68 valence electrons. The van der Waals surface area contributed by atoms with Crippen molar-refractivity contribution in [3.63, 3.8) is 0 Å². The molecule has 3 heteroatoms. The first-order valence-corrected chi connectivity index (χ1v) is 5.75. The molecule has 1 unspecified atom stereocenters. The third kappa shape index (κ3) is 5.83. The highest BCUT2D eigenvalue weighted by atomic mass is 35.5. The van der Waals surface area contributed by atoms with E-state index in [0.29, 0.717) is 6.04 Å². The van der Waals surface area contributed by atoms with Crippen LogP contribution in [-0.2, 0) is 0 Å². The molecule has 0 heterocycles. The monoisotopic (exact) mass is 195 g/mol. The van der Waals surface area contributed by atoms with Crippen molar-refractivity contribution in [3.8, 4) is 0 Å². The van der Waals surface area contributed by atoms with E-state index < -0.39 is 0 Å². The predicted octanol–water partition coefficient (Wildman–Crippen LogP) is 2.30. The number of rotatable bonds is 6. The molecule has 0 N–H and O–H groups in total. The van der Waals surface area contributed by atoms with Gasteiger partial charge in [-0.3, -0.25) is 0 Å². The minimum absolute atomic E-state index is 0.508. The molecule has 11 heavy (non-hydrogen) atoms. The summed E-state index contributed by atoms with van der Waals surface area (Å²) < 4.78 is 0. The minimum Gasteiger partial charge on any atom is -0.302 e. The number of thioether (sulfide) groups is 1. The van der Waals surface area contributed by atoms with E-state index in [4.69, 9.17) is 11.6 Å². The first-order valence-electron chi connectivity index (χ1n) is 4.06. The van der Waals surface area contributed by atoms with Crippen LogP contribution in [0.3, 0.4) is 0 Å². The van der Waals surface area contributed by atoms with Crippen molar-refractivity contribution in [2.75, 3.05) is 31.0 Å². The Balaban J connectivity index is 3.28. The molecule has 0 fully saturated rings. The lowest BCUT2D eigenvalue weighted by Gasteiger charge is -2.21. The van der Waals surface area contributed by atoms with E-state index >= 15 is 0 Å². The third-order valence-corrected chi connectivity index (χ3v) is 3.09. The summed E-state index contributed by atoms with van der Waals surface area (Å²) in [7, 11) is 2.13.